The van der Waals surface area contributed by atoms with Gasteiger partial charge in [-0.1, -0.05) is 41.1 Å². The summed E-state index contributed by atoms with van der Waals surface area (Å²) in [6.07, 6.45) is 0. The number of aryl methyl sites for hydroxylation is 3. The van der Waals surface area contributed by atoms with Gasteiger partial charge in [0.25, 0.3) is 0 Å². The fraction of sp³-hybridized carbons (Fsp3) is 0.200. The summed E-state index contributed by atoms with van der Waals surface area (Å²) >= 11 is 0. The smallest absolute Gasteiger partial charge is 0.338 e. The lowest BCUT2D eigenvalue weighted by Crippen LogP contribution is -2.06. The highest BCUT2D eigenvalue weighted by Gasteiger charge is 2.11. The standard InChI is InChI=1S/C20H19NO3/c1-13-4-7-16(8-5-13)19-11-18(21-24-19)12-23-20(22)17-9-6-14(2)15(3)10-17/h4-11H,12H2,1-3H3. The third-order valence-electron chi connectivity index (χ3n) is 3.99. The van der Waals surface area contributed by atoms with E-state index >= 15 is 0 Å². The van der Waals surface area contributed by atoms with Crippen LogP contribution in [0.3, 0.4) is 0 Å². The highest BCUT2D eigenvalue weighted by molar-refractivity contribution is 5.89. The van der Waals surface area contributed by atoms with Crippen molar-refractivity contribution in [1.82, 2.24) is 5.16 Å². The predicted molar refractivity (Wildman–Crippen MR) is 91.7 cm³/mol. The summed E-state index contributed by atoms with van der Waals surface area (Å²) in [4.78, 5) is 12.1. The number of hydrogen-bond acceptors (Lipinski definition) is 4. The molecule has 3 rings (SSSR count). The summed E-state index contributed by atoms with van der Waals surface area (Å²) in [6.45, 7) is 6.09. The Labute approximate surface area is 141 Å². The van der Waals surface area contributed by atoms with E-state index in [9.17, 15) is 4.79 Å². The first-order chi connectivity index (χ1) is 11.5. The first kappa shape index (κ1) is 16.0. The molecule has 3 aromatic rings. The van der Waals surface area contributed by atoms with E-state index < -0.39 is 0 Å². The Kier molecular flexibility index (Phi) is 4.47. The summed E-state index contributed by atoms with van der Waals surface area (Å²) in [5.74, 6) is 0.296. The van der Waals surface area contributed by atoms with Crippen molar-refractivity contribution in [1.29, 1.82) is 0 Å². The quantitative estimate of drug-likeness (QED) is 0.658. The maximum atomic E-state index is 12.1. The molecule has 0 fully saturated rings. The summed E-state index contributed by atoms with van der Waals surface area (Å²) in [7, 11) is 0. The minimum absolute atomic E-state index is 0.0844. The number of nitrogens with zero attached hydrogens (tertiary/aromatic N) is 1. The zero-order valence-electron chi connectivity index (χ0n) is 14.0. The third kappa shape index (κ3) is 3.54. The number of ether oxygens (including phenoxy) is 1. The Bertz CT molecular complexity index is 863. The van der Waals surface area contributed by atoms with Crippen LogP contribution in [-0.2, 0) is 11.3 Å². The Hall–Kier alpha value is -2.88. The molecule has 0 radical (unpaired) electrons. The summed E-state index contributed by atoms with van der Waals surface area (Å²) in [6, 6.07) is 15.3. The topological polar surface area (TPSA) is 52.3 Å². The molecule has 1 heterocycles. The number of rotatable bonds is 4. The van der Waals surface area contributed by atoms with E-state index in [-0.39, 0.29) is 12.6 Å². The molecule has 0 amide bonds. The van der Waals surface area contributed by atoms with Gasteiger partial charge in [0.2, 0.25) is 0 Å². The minimum Gasteiger partial charge on any atom is -0.455 e. The molecule has 0 aliphatic heterocycles. The molecular formula is C20H19NO3. The van der Waals surface area contributed by atoms with Crippen LogP contribution in [0.25, 0.3) is 11.3 Å². The van der Waals surface area contributed by atoms with Crippen LogP contribution in [0.4, 0.5) is 0 Å². The van der Waals surface area contributed by atoms with E-state index in [1.807, 2.05) is 57.2 Å². The van der Waals surface area contributed by atoms with Crippen molar-refractivity contribution < 1.29 is 14.1 Å². The lowest BCUT2D eigenvalue weighted by molar-refractivity contribution is 0.0464. The Morgan fingerprint density at radius 2 is 1.75 bits per heavy atom. The molecule has 0 saturated heterocycles. The molecule has 0 saturated carbocycles. The maximum Gasteiger partial charge on any atom is 0.338 e. The highest BCUT2D eigenvalue weighted by atomic mass is 16.5. The molecule has 1 aromatic heterocycles. The molecule has 122 valence electrons. The van der Waals surface area contributed by atoms with Crippen molar-refractivity contribution in [3.8, 4) is 11.3 Å². The van der Waals surface area contributed by atoms with Crippen LogP contribution < -0.4 is 0 Å². The number of hydrogen-bond donors (Lipinski definition) is 0. The Morgan fingerprint density at radius 1 is 1.00 bits per heavy atom. The zero-order valence-corrected chi connectivity index (χ0v) is 14.0. The summed E-state index contributed by atoms with van der Waals surface area (Å²) in [5.41, 5.74) is 5.46. The van der Waals surface area contributed by atoms with Gasteiger partial charge in [-0.25, -0.2) is 4.79 Å². The van der Waals surface area contributed by atoms with Crippen molar-refractivity contribution in [2.75, 3.05) is 0 Å². The van der Waals surface area contributed by atoms with Crippen molar-refractivity contribution >= 4 is 5.97 Å². The lowest BCUT2D eigenvalue weighted by Gasteiger charge is -2.05. The zero-order chi connectivity index (χ0) is 17.1. The molecular weight excluding hydrogens is 302 g/mol. The Morgan fingerprint density at radius 3 is 2.46 bits per heavy atom. The van der Waals surface area contributed by atoms with E-state index in [4.69, 9.17) is 9.26 Å². The molecule has 0 spiro atoms. The van der Waals surface area contributed by atoms with E-state index in [0.717, 1.165) is 16.7 Å². The van der Waals surface area contributed by atoms with Crippen molar-refractivity contribution in [2.24, 2.45) is 0 Å². The molecule has 0 N–H and O–H groups in total. The molecule has 0 unspecified atom stereocenters. The van der Waals surface area contributed by atoms with Gasteiger partial charge in [-0.15, -0.1) is 0 Å². The molecule has 2 aromatic carbocycles. The monoisotopic (exact) mass is 321 g/mol. The molecule has 0 bridgehead atoms. The summed E-state index contributed by atoms with van der Waals surface area (Å²) in [5, 5.41) is 3.96. The molecule has 0 aliphatic rings. The van der Waals surface area contributed by atoms with Gasteiger partial charge in [0.15, 0.2) is 5.76 Å². The van der Waals surface area contributed by atoms with Gasteiger partial charge in [-0.3, -0.25) is 0 Å². The molecule has 4 heteroatoms. The molecule has 24 heavy (non-hydrogen) atoms. The normalized spacial score (nSPS) is 10.6. The van der Waals surface area contributed by atoms with Crippen LogP contribution in [0.1, 0.15) is 32.7 Å². The fourth-order valence-electron chi connectivity index (χ4n) is 2.32. The molecule has 0 aliphatic carbocycles. The van der Waals surface area contributed by atoms with Gasteiger partial charge in [0, 0.05) is 11.6 Å². The van der Waals surface area contributed by atoms with Gasteiger partial charge >= 0.3 is 5.97 Å². The van der Waals surface area contributed by atoms with Crippen LogP contribution in [0, 0.1) is 20.8 Å². The van der Waals surface area contributed by atoms with Crippen LogP contribution in [0.5, 0.6) is 0 Å². The first-order valence-corrected chi connectivity index (χ1v) is 7.80. The van der Waals surface area contributed by atoms with Crippen LogP contribution in [-0.4, -0.2) is 11.1 Å². The van der Waals surface area contributed by atoms with E-state index in [1.54, 1.807) is 12.1 Å². The van der Waals surface area contributed by atoms with Gasteiger partial charge < -0.3 is 9.26 Å². The van der Waals surface area contributed by atoms with Crippen LogP contribution in [0.15, 0.2) is 53.1 Å². The average molecular weight is 321 g/mol. The second-order valence-corrected chi connectivity index (χ2v) is 5.92. The average Bonchev–Trinajstić information content (AvgIpc) is 3.05. The number of esters is 1. The lowest BCUT2D eigenvalue weighted by atomic mass is 10.1. The predicted octanol–water partition coefficient (Wildman–Crippen LogP) is 4.62. The van der Waals surface area contributed by atoms with Gasteiger partial charge in [-0.2, -0.15) is 0 Å². The van der Waals surface area contributed by atoms with Crippen molar-refractivity contribution in [2.45, 2.75) is 27.4 Å². The third-order valence-corrected chi connectivity index (χ3v) is 3.99. The number of benzene rings is 2. The van der Waals surface area contributed by atoms with Gasteiger partial charge in [0.05, 0.1) is 5.56 Å². The fourth-order valence-corrected chi connectivity index (χ4v) is 2.32. The SMILES string of the molecule is Cc1ccc(-c2cc(COC(=O)c3ccc(C)c(C)c3)no2)cc1. The van der Waals surface area contributed by atoms with E-state index in [0.29, 0.717) is 17.0 Å². The van der Waals surface area contributed by atoms with E-state index in [1.165, 1.54) is 5.56 Å². The van der Waals surface area contributed by atoms with E-state index in [2.05, 4.69) is 5.16 Å². The number of aromatic nitrogens is 1. The van der Waals surface area contributed by atoms with Gasteiger partial charge in [-0.05, 0) is 44.0 Å². The largest absolute Gasteiger partial charge is 0.455 e. The maximum absolute atomic E-state index is 12.1. The number of carbonyl (C=O) groups is 1. The molecule has 4 nitrogen and oxygen atoms in total. The second-order valence-electron chi connectivity index (χ2n) is 5.92. The highest BCUT2D eigenvalue weighted by Crippen LogP contribution is 2.21. The van der Waals surface area contributed by atoms with Gasteiger partial charge in [0.1, 0.15) is 12.3 Å². The van der Waals surface area contributed by atoms with Crippen molar-refractivity contribution in [3.05, 3.63) is 76.5 Å². The van der Waals surface area contributed by atoms with Crippen molar-refractivity contribution in [3.63, 3.8) is 0 Å². The number of carbonyl (C=O) groups excluding carboxylic acids is 1. The summed E-state index contributed by atoms with van der Waals surface area (Å²) < 4.78 is 10.6. The minimum atomic E-state index is -0.363. The molecule has 0 atom stereocenters. The Balaban J connectivity index is 1.65. The second kappa shape index (κ2) is 6.71. The first-order valence-electron chi connectivity index (χ1n) is 7.80. The van der Waals surface area contributed by atoms with Crippen LogP contribution in [0.2, 0.25) is 0 Å². The van der Waals surface area contributed by atoms with Crippen LogP contribution >= 0.6 is 0 Å².